The van der Waals surface area contributed by atoms with Crippen molar-refractivity contribution in [3.63, 3.8) is 0 Å². The largest absolute Gasteiger partial charge is 0.469 e. The van der Waals surface area contributed by atoms with E-state index in [1.165, 1.54) is 0 Å². The minimum Gasteiger partial charge on any atom is -0.469 e. The van der Waals surface area contributed by atoms with Gasteiger partial charge in [-0.25, -0.2) is 0 Å². The predicted octanol–water partition coefficient (Wildman–Crippen LogP) is 2.41. The average Bonchev–Trinajstić information content (AvgIpc) is 2.66. The Balaban J connectivity index is 1.90. The van der Waals surface area contributed by atoms with Gasteiger partial charge in [-0.3, -0.25) is 4.79 Å². The summed E-state index contributed by atoms with van der Waals surface area (Å²) in [6.07, 6.45) is 5.05. The lowest BCUT2D eigenvalue weighted by Crippen LogP contribution is -2.31. The van der Waals surface area contributed by atoms with E-state index in [1.807, 2.05) is 12.1 Å². The molecule has 2 atom stereocenters. The fourth-order valence-electron chi connectivity index (χ4n) is 2.78. The summed E-state index contributed by atoms with van der Waals surface area (Å²) < 4.78 is 11.0. The molecule has 15 heavy (non-hydrogen) atoms. The van der Waals surface area contributed by atoms with Crippen molar-refractivity contribution in [1.29, 1.82) is 0 Å². The van der Waals surface area contributed by atoms with Crippen LogP contribution in [-0.2, 0) is 14.9 Å². The van der Waals surface area contributed by atoms with E-state index in [0.29, 0.717) is 6.42 Å². The van der Waals surface area contributed by atoms with E-state index in [2.05, 4.69) is 6.92 Å². The van der Waals surface area contributed by atoms with Crippen LogP contribution in [0.2, 0.25) is 0 Å². The van der Waals surface area contributed by atoms with E-state index < -0.39 is 0 Å². The number of hydrogen-bond donors (Lipinski definition) is 0. The molecule has 0 amide bonds. The lowest BCUT2D eigenvalue weighted by Gasteiger charge is -2.26. The van der Waals surface area contributed by atoms with Crippen LogP contribution in [0, 0.1) is 0 Å². The number of carbonyl (C=O) groups is 1. The fourth-order valence-corrected chi connectivity index (χ4v) is 2.78. The van der Waals surface area contributed by atoms with Crippen molar-refractivity contribution in [2.75, 3.05) is 0 Å². The molecule has 0 unspecified atom stereocenters. The Bertz CT molecular complexity index is 395. The highest BCUT2D eigenvalue weighted by Crippen LogP contribution is 2.63. The molecule has 2 aliphatic rings. The van der Waals surface area contributed by atoms with Gasteiger partial charge < -0.3 is 9.15 Å². The van der Waals surface area contributed by atoms with E-state index in [-0.39, 0.29) is 17.0 Å². The van der Waals surface area contributed by atoms with Crippen LogP contribution in [0.4, 0.5) is 0 Å². The van der Waals surface area contributed by atoms with E-state index in [1.54, 1.807) is 6.26 Å². The molecule has 0 aromatic carbocycles. The van der Waals surface area contributed by atoms with E-state index in [9.17, 15) is 4.79 Å². The first-order valence-electron chi connectivity index (χ1n) is 5.42. The van der Waals surface area contributed by atoms with Crippen molar-refractivity contribution >= 4 is 5.97 Å². The molecule has 3 rings (SSSR count). The zero-order chi connectivity index (χ0) is 10.5. The van der Waals surface area contributed by atoms with Crippen LogP contribution in [0.25, 0.3) is 0 Å². The highest BCUT2D eigenvalue weighted by Gasteiger charge is 2.70. The van der Waals surface area contributed by atoms with E-state index in [0.717, 1.165) is 25.0 Å². The number of carbonyl (C=O) groups excluding carboxylic acids is 1. The van der Waals surface area contributed by atoms with Crippen LogP contribution >= 0.6 is 0 Å². The Hall–Kier alpha value is -1.25. The molecule has 80 valence electrons. The molecule has 0 N–H and O–H groups in total. The molecular formula is C12H14O3. The van der Waals surface area contributed by atoms with Gasteiger partial charge in [-0.15, -0.1) is 0 Å². The summed E-state index contributed by atoms with van der Waals surface area (Å²) in [5.41, 5.74) is -0.354. The second-order valence-electron chi connectivity index (χ2n) is 4.81. The van der Waals surface area contributed by atoms with Gasteiger partial charge in [-0.05, 0) is 31.9 Å². The Labute approximate surface area is 88.4 Å². The van der Waals surface area contributed by atoms with Crippen molar-refractivity contribution in [3.05, 3.63) is 24.2 Å². The van der Waals surface area contributed by atoms with Crippen molar-refractivity contribution in [2.24, 2.45) is 0 Å². The summed E-state index contributed by atoms with van der Waals surface area (Å²) in [5.74, 6) is 0.883. The summed E-state index contributed by atoms with van der Waals surface area (Å²) >= 11 is 0. The topological polar surface area (TPSA) is 39.4 Å². The van der Waals surface area contributed by atoms with Crippen LogP contribution in [-0.4, -0.2) is 11.6 Å². The summed E-state index contributed by atoms with van der Waals surface area (Å²) in [4.78, 5) is 11.3. The minimum atomic E-state index is -0.264. The van der Waals surface area contributed by atoms with Crippen molar-refractivity contribution in [2.45, 2.75) is 43.6 Å². The molecule has 0 radical (unpaired) electrons. The lowest BCUT2D eigenvalue weighted by atomic mass is 9.95. The lowest BCUT2D eigenvalue weighted by molar-refractivity contribution is -0.158. The van der Waals surface area contributed by atoms with Gasteiger partial charge in [0, 0.05) is 12.8 Å². The van der Waals surface area contributed by atoms with Gasteiger partial charge in [0.2, 0.25) is 0 Å². The third kappa shape index (κ3) is 1.09. The van der Waals surface area contributed by atoms with Crippen molar-refractivity contribution in [3.8, 4) is 0 Å². The summed E-state index contributed by atoms with van der Waals surface area (Å²) in [6, 6.07) is 3.86. The van der Waals surface area contributed by atoms with Gasteiger partial charge in [0.05, 0.1) is 11.7 Å². The maximum atomic E-state index is 11.3. The molecule has 3 nitrogen and oxygen atoms in total. The summed E-state index contributed by atoms with van der Waals surface area (Å²) in [5, 5.41) is 0. The highest BCUT2D eigenvalue weighted by atomic mass is 16.6. The Kier molecular flexibility index (Phi) is 1.59. The third-order valence-electron chi connectivity index (χ3n) is 3.86. The van der Waals surface area contributed by atoms with Gasteiger partial charge in [0.1, 0.15) is 11.4 Å². The molecule has 2 fully saturated rings. The minimum absolute atomic E-state index is 0.0588. The molecular weight excluding hydrogens is 192 g/mol. The number of rotatable bonds is 1. The molecule has 1 aliphatic carbocycles. The average molecular weight is 206 g/mol. The maximum absolute atomic E-state index is 11.3. The quantitative estimate of drug-likeness (QED) is 0.662. The molecule has 0 bridgehead atoms. The molecule has 1 aromatic heterocycles. The van der Waals surface area contributed by atoms with Crippen LogP contribution in [0.15, 0.2) is 22.8 Å². The van der Waals surface area contributed by atoms with Crippen LogP contribution in [0.3, 0.4) is 0 Å². The summed E-state index contributed by atoms with van der Waals surface area (Å²) in [6.45, 7) is 2.12. The molecule has 1 spiro atoms. The first-order valence-corrected chi connectivity index (χ1v) is 5.42. The monoisotopic (exact) mass is 206 g/mol. The normalized spacial score (nSPS) is 39.1. The van der Waals surface area contributed by atoms with Crippen molar-refractivity contribution < 1.29 is 13.9 Å². The molecule has 1 aromatic rings. The SMILES string of the molecule is C[C@]1(c2ccco2)C[C@@]12CCCC(=O)O2. The molecule has 3 heteroatoms. The Morgan fingerprint density at radius 3 is 3.00 bits per heavy atom. The zero-order valence-electron chi connectivity index (χ0n) is 8.79. The maximum Gasteiger partial charge on any atom is 0.306 e. The highest BCUT2D eigenvalue weighted by molar-refractivity contribution is 5.72. The number of furan rings is 1. The summed E-state index contributed by atoms with van der Waals surface area (Å²) in [7, 11) is 0. The second-order valence-corrected chi connectivity index (χ2v) is 4.81. The molecule has 1 aliphatic heterocycles. The van der Waals surface area contributed by atoms with Crippen molar-refractivity contribution in [1.82, 2.24) is 0 Å². The number of ether oxygens (including phenoxy) is 1. The molecule has 1 saturated carbocycles. The van der Waals surface area contributed by atoms with Gasteiger partial charge in [0.15, 0.2) is 0 Å². The molecule has 2 heterocycles. The second kappa shape index (κ2) is 2.65. The van der Waals surface area contributed by atoms with Crippen LogP contribution in [0.1, 0.15) is 38.4 Å². The van der Waals surface area contributed by atoms with E-state index >= 15 is 0 Å². The molecule has 1 saturated heterocycles. The zero-order valence-corrected chi connectivity index (χ0v) is 8.79. The van der Waals surface area contributed by atoms with Crippen LogP contribution in [0.5, 0.6) is 0 Å². The Morgan fingerprint density at radius 2 is 2.33 bits per heavy atom. The number of esters is 1. The smallest absolute Gasteiger partial charge is 0.306 e. The van der Waals surface area contributed by atoms with Gasteiger partial charge >= 0.3 is 5.97 Å². The van der Waals surface area contributed by atoms with Gasteiger partial charge in [0.25, 0.3) is 0 Å². The third-order valence-corrected chi connectivity index (χ3v) is 3.86. The first-order chi connectivity index (χ1) is 7.16. The fraction of sp³-hybridized carbons (Fsp3) is 0.583. The van der Waals surface area contributed by atoms with Crippen LogP contribution < -0.4 is 0 Å². The first kappa shape index (κ1) is 9.01. The number of hydrogen-bond acceptors (Lipinski definition) is 3. The van der Waals surface area contributed by atoms with Gasteiger partial charge in [-0.1, -0.05) is 0 Å². The predicted molar refractivity (Wildman–Crippen MR) is 53.4 cm³/mol. The van der Waals surface area contributed by atoms with E-state index in [4.69, 9.17) is 9.15 Å². The van der Waals surface area contributed by atoms with Gasteiger partial charge in [-0.2, -0.15) is 0 Å². The Morgan fingerprint density at radius 1 is 1.47 bits per heavy atom. The standard InChI is InChI=1S/C12H14O3/c1-11(9-4-3-7-14-9)8-12(11)6-2-5-10(13)15-12/h3-4,7H,2,5-6,8H2,1H3/t11-,12+/m1/s1.